The minimum absolute atomic E-state index is 0.142. The first kappa shape index (κ1) is 18.3. The van der Waals surface area contributed by atoms with Crippen LogP contribution in [0.4, 0.5) is 0 Å². The fourth-order valence-electron chi connectivity index (χ4n) is 2.69. The molecule has 0 bridgehead atoms. The number of hydrogen-bond acceptors (Lipinski definition) is 4. The van der Waals surface area contributed by atoms with Crippen LogP contribution in [-0.4, -0.2) is 30.1 Å². The third-order valence-electron chi connectivity index (χ3n) is 3.78. The molecule has 5 heteroatoms. The van der Waals surface area contributed by atoms with Gasteiger partial charge in [-0.25, -0.2) is 0 Å². The Kier molecular flexibility index (Phi) is 6.23. The van der Waals surface area contributed by atoms with E-state index in [1.807, 2.05) is 0 Å². The van der Waals surface area contributed by atoms with Gasteiger partial charge in [0.2, 0.25) is 0 Å². The van der Waals surface area contributed by atoms with E-state index in [1.165, 1.54) is 19.3 Å². The van der Waals surface area contributed by atoms with Crippen molar-refractivity contribution in [1.29, 1.82) is 0 Å². The number of amides is 1. The SMILES string of the molecule is CC(C)(C)OC(=O)CNC(=O)c1ccc(OC2CCCCC2)cc1. The number of hydrogen-bond donors (Lipinski definition) is 1. The Morgan fingerprint density at radius 3 is 2.29 bits per heavy atom. The first-order valence-corrected chi connectivity index (χ1v) is 8.60. The minimum atomic E-state index is -0.556. The summed E-state index contributed by atoms with van der Waals surface area (Å²) < 4.78 is 11.1. The zero-order chi connectivity index (χ0) is 17.6. The van der Waals surface area contributed by atoms with Crippen LogP contribution in [-0.2, 0) is 9.53 Å². The third-order valence-corrected chi connectivity index (χ3v) is 3.78. The number of benzene rings is 1. The summed E-state index contributed by atoms with van der Waals surface area (Å²) in [5, 5.41) is 2.57. The molecule has 24 heavy (non-hydrogen) atoms. The quantitative estimate of drug-likeness (QED) is 0.838. The molecule has 132 valence electrons. The van der Waals surface area contributed by atoms with Crippen LogP contribution >= 0.6 is 0 Å². The van der Waals surface area contributed by atoms with Crippen LogP contribution in [0.5, 0.6) is 5.75 Å². The van der Waals surface area contributed by atoms with Crippen LogP contribution in [0.2, 0.25) is 0 Å². The van der Waals surface area contributed by atoms with Gasteiger partial charge < -0.3 is 14.8 Å². The van der Waals surface area contributed by atoms with Crippen LogP contribution in [0.3, 0.4) is 0 Å². The molecule has 1 aromatic carbocycles. The van der Waals surface area contributed by atoms with Gasteiger partial charge in [0.15, 0.2) is 0 Å². The van der Waals surface area contributed by atoms with E-state index in [-0.39, 0.29) is 18.6 Å². The molecular weight excluding hydrogens is 306 g/mol. The first-order chi connectivity index (χ1) is 11.3. The van der Waals surface area contributed by atoms with Crippen molar-refractivity contribution in [2.75, 3.05) is 6.54 Å². The summed E-state index contributed by atoms with van der Waals surface area (Å²) in [6.45, 7) is 5.23. The minimum Gasteiger partial charge on any atom is -0.490 e. The van der Waals surface area contributed by atoms with Gasteiger partial charge in [-0.3, -0.25) is 9.59 Å². The highest BCUT2D eigenvalue weighted by Gasteiger charge is 2.17. The summed E-state index contributed by atoms with van der Waals surface area (Å²) in [4.78, 5) is 23.7. The van der Waals surface area contributed by atoms with E-state index in [1.54, 1.807) is 45.0 Å². The predicted molar refractivity (Wildman–Crippen MR) is 92.1 cm³/mol. The van der Waals surface area contributed by atoms with Crippen LogP contribution in [0.25, 0.3) is 0 Å². The van der Waals surface area contributed by atoms with Gasteiger partial charge in [-0.15, -0.1) is 0 Å². The highest BCUT2D eigenvalue weighted by Crippen LogP contribution is 2.23. The van der Waals surface area contributed by atoms with Gasteiger partial charge in [0, 0.05) is 5.56 Å². The van der Waals surface area contributed by atoms with Crippen molar-refractivity contribution in [1.82, 2.24) is 5.32 Å². The molecule has 5 nitrogen and oxygen atoms in total. The van der Waals surface area contributed by atoms with Crippen molar-refractivity contribution >= 4 is 11.9 Å². The van der Waals surface area contributed by atoms with Crippen LogP contribution in [0.1, 0.15) is 63.2 Å². The van der Waals surface area contributed by atoms with Gasteiger partial charge in [-0.1, -0.05) is 6.42 Å². The molecule has 1 amide bonds. The number of carbonyl (C=O) groups is 2. The van der Waals surface area contributed by atoms with E-state index in [4.69, 9.17) is 9.47 Å². The van der Waals surface area contributed by atoms with Gasteiger partial charge in [-0.05, 0) is 70.7 Å². The Labute approximate surface area is 143 Å². The topological polar surface area (TPSA) is 64.6 Å². The van der Waals surface area contributed by atoms with Gasteiger partial charge in [0.25, 0.3) is 5.91 Å². The van der Waals surface area contributed by atoms with E-state index in [9.17, 15) is 9.59 Å². The maximum Gasteiger partial charge on any atom is 0.325 e. The Hall–Kier alpha value is -2.04. The summed E-state index contributed by atoms with van der Waals surface area (Å²) in [7, 11) is 0. The average molecular weight is 333 g/mol. The molecule has 0 atom stereocenters. The second kappa shape index (κ2) is 8.18. The largest absolute Gasteiger partial charge is 0.490 e. The van der Waals surface area contributed by atoms with Crippen molar-refractivity contribution < 1.29 is 19.1 Å². The van der Waals surface area contributed by atoms with Crippen LogP contribution < -0.4 is 10.1 Å². The zero-order valence-electron chi connectivity index (χ0n) is 14.8. The van der Waals surface area contributed by atoms with Crippen LogP contribution in [0.15, 0.2) is 24.3 Å². The Balaban J connectivity index is 1.81. The molecular formula is C19H27NO4. The molecule has 0 unspecified atom stereocenters. The number of rotatable bonds is 5. The predicted octanol–water partition coefficient (Wildman–Crippen LogP) is 3.47. The maximum absolute atomic E-state index is 12.1. The number of esters is 1. The fraction of sp³-hybridized carbons (Fsp3) is 0.579. The molecule has 0 aliphatic heterocycles. The lowest BCUT2D eigenvalue weighted by Gasteiger charge is -2.23. The third kappa shape index (κ3) is 6.22. The molecule has 0 aromatic heterocycles. The van der Waals surface area contributed by atoms with E-state index >= 15 is 0 Å². The molecule has 0 heterocycles. The average Bonchev–Trinajstić information content (AvgIpc) is 2.53. The Morgan fingerprint density at radius 1 is 1.08 bits per heavy atom. The van der Waals surface area contributed by atoms with Gasteiger partial charge in [-0.2, -0.15) is 0 Å². The summed E-state index contributed by atoms with van der Waals surface area (Å²) in [5.74, 6) is 0.0313. The number of carbonyl (C=O) groups excluding carboxylic acids is 2. The lowest BCUT2D eigenvalue weighted by Crippen LogP contribution is -2.34. The molecule has 1 N–H and O–H groups in total. The highest BCUT2D eigenvalue weighted by molar-refractivity contribution is 5.96. The van der Waals surface area contributed by atoms with Crippen molar-refractivity contribution in [2.24, 2.45) is 0 Å². The molecule has 1 aliphatic carbocycles. The van der Waals surface area contributed by atoms with Crippen molar-refractivity contribution in [3.63, 3.8) is 0 Å². The lowest BCUT2D eigenvalue weighted by atomic mass is 9.98. The summed E-state index contributed by atoms with van der Waals surface area (Å²) in [6.07, 6.45) is 6.20. The maximum atomic E-state index is 12.1. The summed E-state index contributed by atoms with van der Waals surface area (Å²) in [6, 6.07) is 7.03. The highest BCUT2D eigenvalue weighted by atomic mass is 16.6. The molecule has 1 saturated carbocycles. The van der Waals surface area contributed by atoms with E-state index in [2.05, 4.69) is 5.32 Å². The fourth-order valence-corrected chi connectivity index (χ4v) is 2.69. The van der Waals surface area contributed by atoms with E-state index < -0.39 is 11.6 Å². The normalized spacial score (nSPS) is 15.6. The Bertz CT molecular complexity index is 554. The monoisotopic (exact) mass is 333 g/mol. The summed E-state index contributed by atoms with van der Waals surface area (Å²) >= 11 is 0. The van der Waals surface area contributed by atoms with Crippen molar-refractivity contribution in [2.45, 2.75) is 64.6 Å². The van der Waals surface area contributed by atoms with Crippen LogP contribution in [0, 0.1) is 0 Å². The molecule has 1 aromatic rings. The zero-order valence-corrected chi connectivity index (χ0v) is 14.8. The van der Waals surface area contributed by atoms with Gasteiger partial charge in [0.1, 0.15) is 17.9 Å². The van der Waals surface area contributed by atoms with Gasteiger partial charge >= 0.3 is 5.97 Å². The summed E-state index contributed by atoms with van der Waals surface area (Å²) in [5.41, 5.74) is -0.0607. The molecule has 2 rings (SSSR count). The Morgan fingerprint density at radius 2 is 1.71 bits per heavy atom. The second-order valence-corrected chi connectivity index (χ2v) is 7.17. The smallest absolute Gasteiger partial charge is 0.325 e. The molecule has 1 aliphatic rings. The molecule has 0 radical (unpaired) electrons. The lowest BCUT2D eigenvalue weighted by molar-refractivity contribution is -0.153. The van der Waals surface area contributed by atoms with E-state index in [0.717, 1.165) is 18.6 Å². The first-order valence-electron chi connectivity index (χ1n) is 8.60. The standard InChI is InChI=1S/C19H27NO4/c1-19(2,3)24-17(21)13-20-18(22)14-9-11-16(12-10-14)23-15-7-5-4-6-8-15/h9-12,15H,4-8,13H2,1-3H3,(H,20,22). The van der Waals surface area contributed by atoms with Crippen molar-refractivity contribution in [3.05, 3.63) is 29.8 Å². The molecule has 1 fully saturated rings. The number of ether oxygens (including phenoxy) is 2. The van der Waals surface area contributed by atoms with Gasteiger partial charge in [0.05, 0.1) is 6.10 Å². The van der Waals surface area contributed by atoms with E-state index in [0.29, 0.717) is 5.56 Å². The molecule has 0 saturated heterocycles. The number of nitrogens with one attached hydrogen (secondary N) is 1. The van der Waals surface area contributed by atoms with Crippen molar-refractivity contribution in [3.8, 4) is 5.75 Å². The second-order valence-electron chi connectivity index (χ2n) is 7.17. The molecule has 0 spiro atoms.